The lowest BCUT2D eigenvalue weighted by molar-refractivity contribution is 0.0620. The van der Waals surface area contributed by atoms with Crippen LogP contribution in [-0.2, 0) is 4.74 Å². The van der Waals surface area contributed by atoms with Gasteiger partial charge in [0, 0.05) is 17.1 Å². The number of ketones is 1. The third kappa shape index (κ3) is 5.91. The first-order chi connectivity index (χ1) is 8.90. The fourth-order valence-electron chi connectivity index (χ4n) is 1.57. The predicted molar refractivity (Wildman–Crippen MR) is 79.4 cm³/mol. The minimum atomic E-state index is -0.0197. The quantitative estimate of drug-likeness (QED) is 0.722. The van der Waals surface area contributed by atoms with Crippen molar-refractivity contribution >= 4 is 29.0 Å². The Hall–Kier alpha value is -0.610. The lowest BCUT2D eigenvalue weighted by Crippen LogP contribution is -2.30. The van der Waals surface area contributed by atoms with E-state index in [0.717, 1.165) is 0 Å². The number of Topliss-reactive ketones (excluding diaryl/α,β-unsaturated/α-hetero) is 1. The van der Waals surface area contributed by atoms with E-state index in [0.29, 0.717) is 35.3 Å². The van der Waals surface area contributed by atoms with Crippen molar-refractivity contribution in [3.05, 3.63) is 33.8 Å². The van der Waals surface area contributed by atoms with E-state index < -0.39 is 0 Å². The summed E-state index contributed by atoms with van der Waals surface area (Å²) in [4.78, 5) is 14.0. The molecule has 1 rings (SSSR count). The third-order valence-electron chi connectivity index (χ3n) is 2.57. The van der Waals surface area contributed by atoms with Crippen LogP contribution in [0.4, 0.5) is 0 Å². The van der Waals surface area contributed by atoms with Gasteiger partial charge in [-0.2, -0.15) is 0 Å². The maximum Gasteiger partial charge on any atom is 0.178 e. The van der Waals surface area contributed by atoms with Crippen molar-refractivity contribution < 1.29 is 9.53 Å². The average Bonchev–Trinajstić information content (AvgIpc) is 2.27. The summed E-state index contributed by atoms with van der Waals surface area (Å²) in [6.07, 6.45) is 0.204. The lowest BCUT2D eigenvalue weighted by atomic mass is 10.1. The first-order valence-electron chi connectivity index (χ1n) is 6.18. The van der Waals surface area contributed by atoms with Crippen molar-refractivity contribution in [2.45, 2.75) is 20.0 Å². The van der Waals surface area contributed by atoms with Crippen LogP contribution in [0.25, 0.3) is 0 Å². The summed E-state index contributed by atoms with van der Waals surface area (Å²) in [5, 5.41) is 0.921. The number of halogens is 2. The second kappa shape index (κ2) is 7.85. The molecule has 0 bridgehead atoms. The number of hydrogen-bond acceptors (Lipinski definition) is 3. The van der Waals surface area contributed by atoms with Crippen LogP contribution in [0.2, 0.25) is 10.0 Å². The highest BCUT2D eigenvalue weighted by atomic mass is 35.5. The fraction of sp³-hybridized carbons (Fsp3) is 0.500. The molecule has 0 saturated heterocycles. The van der Waals surface area contributed by atoms with Crippen molar-refractivity contribution in [2.24, 2.45) is 0 Å². The molecule has 0 amide bonds. The van der Waals surface area contributed by atoms with E-state index in [-0.39, 0.29) is 11.9 Å². The van der Waals surface area contributed by atoms with Gasteiger partial charge in [-0.15, -0.1) is 0 Å². The zero-order chi connectivity index (χ0) is 14.4. The normalized spacial score (nSPS) is 11.3. The molecule has 0 atom stereocenters. The van der Waals surface area contributed by atoms with Crippen molar-refractivity contribution in [3.8, 4) is 0 Å². The Kier molecular flexibility index (Phi) is 6.80. The van der Waals surface area contributed by atoms with Crippen LogP contribution < -0.4 is 0 Å². The third-order valence-corrected chi connectivity index (χ3v) is 3.12. The number of carbonyl (C=O) groups excluding carboxylic acids is 1. The summed E-state index contributed by atoms with van der Waals surface area (Å²) in [6.45, 7) is 5.59. The maximum absolute atomic E-state index is 12.1. The van der Waals surface area contributed by atoms with E-state index in [2.05, 4.69) is 0 Å². The van der Waals surface area contributed by atoms with E-state index in [1.54, 1.807) is 18.2 Å². The molecule has 0 fully saturated rings. The Morgan fingerprint density at radius 3 is 2.63 bits per heavy atom. The molecule has 1 aromatic rings. The van der Waals surface area contributed by atoms with Gasteiger partial charge in [-0.3, -0.25) is 9.69 Å². The molecule has 0 aliphatic carbocycles. The molecule has 106 valence electrons. The fourth-order valence-corrected chi connectivity index (χ4v) is 2.08. The summed E-state index contributed by atoms with van der Waals surface area (Å²) in [5.41, 5.74) is 0.502. The molecule has 19 heavy (non-hydrogen) atoms. The lowest BCUT2D eigenvalue weighted by Gasteiger charge is -2.17. The Labute approximate surface area is 124 Å². The highest BCUT2D eigenvalue weighted by Crippen LogP contribution is 2.21. The van der Waals surface area contributed by atoms with Gasteiger partial charge in [0.2, 0.25) is 0 Å². The van der Waals surface area contributed by atoms with Gasteiger partial charge in [0.05, 0.1) is 24.3 Å². The van der Waals surface area contributed by atoms with Crippen LogP contribution in [-0.4, -0.2) is 43.5 Å². The number of carbonyl (C=O) groups is 1. The molecule has 0 N–H and O–H groups in total. The highest BCUT2D eigenvalue weighted by Gasteiger charge is 2.13. The number of rotatable bonds is 7. The van der Waals surface area contributed by atoms with E-state index in [1.807, 2.05) is 25.8 Å². The Morgan fingerprint density at radius 2 is 2.05 bits per heavy atom. The highest BCUT2D eigenvalue weighted by molar-refractivity contribution is 6.36. The second-order valence-corrected chi connectivity index (χ2v) is 5.55. The minimum absolute atomic E-state index is 0.0197. The van der Waals surface area contributed by atoms with Crippen LogP contribution in [0.3, 0.4) is 0 Å². The van der Waals surface area contributed by atoms with Crippen molar-refractivity contribution in [3.63, 3.8) is 0 Å². The number of nitrogens with zero attached hydrogens (tertiary/aromatic N) is 1. The van der Waals surface area contributed by atoms with Crippen LogP contribution in [0, 0.1) is 0 Å². The van der Waals surface area contributed by atoms with Gasteiger partial charge in [-0.05, 0) is 39.1 Å². The molecule has 5 heteroatoms. The van der Waals surface area contributed by atoms with Gasteiger partial charge in [0.25, 0.3) is 0 Å². The zero-order valence-corrected chi connectivity index (χ0v) is 13.0. The molecule has 0 spiro atoms. The zero-order valence-electron chi connectivity index (χ0n) is 11.5. The summed E-state index contributed by atoms with van der Waals surface area (Å²) in [6, 6.07) is 4.91. The summed E-state index contributed by atoms with van der Waals surface area (Å²) >= 11 is 11.8. The van der Waals surface area contributed by atoms with Crippen LogP contribution in [0.5, 0.6) is 0 Å². The standard InChI is InChI=1S/C14H19Cl2NO2/c1-10(2)19-7-6-17(3)9-14(18)12-5-4-11(15)8-13(12)16/h4-5,8,10H,6-7,9H2,1-3H3. The Balaban J connectivity index is 2.50. The second-order valence-electron chi connectivity index (χ2n) is 4.70. The Morgan fingerprint density at radius 1 is 1.37 bits per heavy atom. The van der Waals surface area contributed by atoms with Crippen molar-refractivity contribution in [1.82, 2.24) is 4.90 Å². The first-order valence-corrected chi connectivity index (χ1v) is 6.94. The summed E-state index contributed by atoms with van der Waals surface area (Å²) in [5.74, 6) is -0.0197. The van der Waals surface area contributed by atoms with Crippen LogP contribution in [0.1, 0.15) is 24.2 Å². The first kappa shape index (κ1) is 16.4. The topological polar surface area (TPSA) is 29.5 Å². The molecule has 1 aromatic carbocycles. The number of ether oxygens (including phenoxy) is 1. The van der Waals surface area contributed by atoms with E-state index >= 15 is 0 Å². The molecule has 0 saturated carbocycles. The van der Waals surface area contributed by atoms with Gasteiger partial charge < -0.3 is 4.74 Å². The average molecular weight is 304 g/mol. The summed E-state index contributed by atoms with van der Waals surface area (Å²) in [7, 11) is 1.88. The number of likely N-dealkylation sites (N-methyl/N-ethyl adjacent to an activating group) is 1. The van der Waals surface area contributed by atoms with Crippen molar-refractivity contribution in [2.75, 3.05) is 26.7 Å². The van der Waals surface area contributed by atoms with Gasteiger partial charge in [0.1, 0.15) is 0 Å². The minimum Gasteiger partial charge on any atom is -0.377 e. The molecule has 0 aliphatic heterocycles. The molecule has 3 nitrogen and oxygen atoms in total. The van der Waals surface area contributed by atoms with Crippen LogP contribution in [0.15, 0.2) is 18.2 Å². The van der Waals surface area contributed by atoms with Crippen LogP contribution >= 0.6 is 23.2 Å². The number of benzene rings is 1. The van der Waals surface area contributed by atoms with E-state index in [1.165, 1.54) is 0 Å². The summed E-state index contributed by atoms with van der Waals surface area (Å²) < 4.78 is 5.44. The smallest absolute Gasteiger partial charge is 0.178 e. The number of hydrogen-bond donors (Lipinski definition) is 0. The molecule has 0 aliphatic rings. The maximum atomic E-state index is 12.1. The van der Waals surface area contributed by atoms with Gasteiger partial charge >= 0.3 is 0 Å². The molecule has 0 radical (unpaired) electrons. The van der Waals surface area contributed by atoms with Crippen molar-refractivity contribution in [1.29, 1.82) is 0 Å². The van der Waals surface area contributed by atoms with Gasteiger partial charge in [-0.25, -0.2) is 0 Å². The molecular formula is C14H19Cl2NO2. The Bertz CT molecular complexity index is 435. The molecule has 0 aromatic heterocycles. The molecule has 0 heterocycles. The van der Waals surface area contributed by atoms with E-state index in [4.69, 9.17) is 27.9 Å². The van der Waals surface area contributed by atoms with Gasteiger partial charge in [0.15, 0.2) is 5.78 Å². The van der Waals surface area contributed by atoms with E-state index in [9.17, 15) is 4.79 Å². The molecular weight excluding hydrogens is 285 g/mol. The predicted octanol–water partition coefficient (Wildman–Crippen LogP) is 3.53. The molecule has 0 unspecified atom stereocenters. The SMILES string of the molecule is CC(C)OCCN(C)CC(=O)c1ccc(Cl)cc1Cl. The van der Waals surface area contributed by atoms with Gasteiger partial charge in [-0.1, -0.05) is 23.2 Å². The largest absolute Gasteiger partial charge is 0.377 e. The monoisotopic (exact) mass is 303 g/mol.